The minimum Gasteiger partial charge on any atom is -0.478 e. The summed E-state index contributed by atoms with van der Waals surface area (Å²) in [6.07, 6.45) is 6.55. The molecule has 0 saturated carbocycles. The summed E-state index contributed by atoms with van der Waals surface area (Å²) in [6, 6.07) is 0.238. The Balaban J connectivity index is 1.68. The predicted octanol–water partition coefficient (Wildman–Crippen LogP) is 2.11. The Morgan fingerprint density at radius 2 is 2.08 bits per heavy atom. The summed E-state index contributed by atoms with van der Waals surface area (Å²) >= 11 is 1.41. The number of nitrogens with zero attached hydrogens (tertiary/aromatic N) is 1. The summed E-state index contributed by atoms with van der Waals surface area (Å²) in [6.45, 7) is 1.24. The lowest BCUT2D eigenvalue weighted by atomic mass is 10.00. The van der Waals surface area contributed by atoms with Gasteiger partial charge < -0.3 is 15.5 Å². The van der Waals surface area contributed by atoms with Gasteiger partial charge in [-0.3, -0.25) is 9.69 Å². The lowest BCUT2D eigenvalue weighted by molar-refractivity contribution is -0.118. The molecule has 1 amide bonds. The molecule has 0 aromatic carbocycles. The van der Waals surface area contributed by atoms with E-state index >= 15 is 0 Å². The fourth-order valence-corrected chi connectivity index (χ4v) is 5.11. The van der Waals surface area contributed by atoms with Gasteiger partial charge in [0.25, 0.3) is 0 Å². The van der Waals surface area contributed by atoms with Crippen LogP contribution in [0.3, 0.4) is 0 Å². The van der Waals surface area contributed by atoms with Crippen molar-refractivity contribution in [1.29, 1.82) is 0 Å². The molecular weight excluding hydrogens is 328 g/mol. The first-order valence-corrected chi connectivity index (χ1v) is 9.44. The zero-order valence-corrected chi connectivity index (χ0v) is 14.5. The highest BCUT2D eigenvalue weighted by Gasteiger charge is 2.28. The third-order valence-electron chi connectivity index (χ3n) is 4.95. The molecule has 1 saturated heterocycles. The van der Waals surface area contributed by atoms with E-state index in [2.05, 4.69) is 10.2 Å². The smallest absolute Gasteiger partial charge is 0.339 e. The first kappa shape index (κ1) is 17.4. The van der Waals surface area contributed by atoms with E-state index in [1.807, 2.05) is 0 Å². The molecule has 1 aliphatic heterocycles. The zero-order valence-electron chi connectivity index (χ0n) is 13.7. The topological polar surface area (TPSA) is 89.9 Å². The van der Waals surface area contributed by atoms with Gasteiger partial charge in [-0.25, -0.2) is 4.79 Å². The zero-order chi connectivity index (χ0) is 17.1. The van der Waals surface area contributed by atoms with Crippen LogP contribution >= 0.6 is 11.3 Å². The fraction of sp³-hybridized carbons (Fsp3) is 0.647. The van der Waals surface area contributed by atoms with Crippen LogP contribution in [0.2, 0.25) is 0 Å². The highest BCUT2D eigenvalue weighted by Crippen LogP contribution is 2.39. The minimum absolute atomic E-state index is 0.129. The molecule has 0 spiro atoms. The van der Waals surface area contributed by atoms with Crippen LogP contribution in [0.5, 0.6) is 0 Å². The molecule has 1 aromatic heterocycles. The Kier molecular flexibility index (Phi) is 5.53. The van der Waals surface area contributed by atoms with Gasteiger partial charge in [-0.2, -0.15) is 0 Å². The Morgan fingerprint density at radius 1 is 1.25 bits per heavy atom. The van der Waals surface area contributed by atoms with Crippen molar-refractivity contribution in [3.63, 3.8) is 0 Å². The molecule has 1 aromatic rings. The molecule has 132 valence electrons. The number of amides is 1. The van der Waals surface area contributed by atoms with Crippen molar-refractivity contribution in [2.24, 2.45) is 0 Å². The second kappa shape index (κ2) is 7.63. The maximum Gasteiger partial charge on any atom is 0.339 e. The van der Waals surface area contributed by atoms with Crippen LogP contribution in [0.25, 0.3) is 0 Å². The van der Waals surface area contributed by atoms with E-state index in [4.69, 9.17) is 0 Å². The molecular formula is C17H24N2O4S. The van der Waals surface area contributed by atoms with Crippen molar-refractivity contribution in [3.05, 3.63) is 16.0 Å². The molecule has 24 heavy (non-hydrogen) atoms. The molecule has 1 atom stereocenters. The number of rotatable bonds is 6. The van der Waals surface area contributed by atoms with E-state index in [-0.39, 0.29) is 30.7 Å². The van der Waals surface area contributed by atoms with Gasteiger partial charge in [0.05, 0.1) is 12.1 Å². The molecule has 2 aliphatic rings. The first-order valence-electron chi connectivity index (χ1n) is 8.62. The number of aromatic carboxylic acids is 1. The molecule has 1 unspecified atom stereocenters. The molecule has 3 N–H and O–H groups in total. The van der Waals surface area contributed by atoms with Crippen LogP contribution in [0.1, 0.15) is 52.9 Å². The number of fused-ring (bicyclic) bond motifs is 1. The molecule has 0 radical (unpaired) electrons. The van der Waals surface area contributed by atoms with Gasteiger partial charge in [0.15, 0.2) is 0 Å². The Morgan fingerprint density at radius 3 is 2.83 bits per heavy atom. The minimum atomic E-state index is -0.958. The maximum atomic E-state index is 12.4. The second-order valence-corrected chi connectivity index (χ2v) is 7.65. The van der Waals surface area contributed by atoms with E-state index < -0.39 is 5.97 Å². The van der Waals surface area contributed by atoms with Crippen molar-refractivity contribution >= 4 is 28.2 Å². The number of aliphatic hydroxyl groups is 1. The number of likely N-dealkylation sites (tertiary alicyclic amines) is 1. The number of carbonyl (C=O) groups excluding carboxylic acids is 1. The largest absolute Gasteiger partial charge is 0.478 e. The summed E-state index contributed by atoms with van der Waals surface area (Å²) in [4.78, 5) is 27.2. The normalized spacial score (nSPS) is 20.8. The molecule has 2 heterocycles. The molecule has 0 bridgehead atoms. The van der Waals surface area contributed by atoms with Crippen molar-refractivity contribution in [3.8, 4) is 0 Å². The standard InChI is InChI=1S/C17H24N2O4S/c20-9-7-11-4-1-2-8-19(11)10-14(21)18-16-15(17(22)23)12-5-3-6-13(12)24-16/h11,20H,1-10H2,(H,18,21)(H,22,23). The van der Waals surface area contributed by atoms with Crippen LogP contribution in [0, 0.1) is 0 Å². The van der Waals surface area contributed by atoms with Crippen LogP contribution in [0.15, 0.2) is 0 Å². The van der Waals surface area contributed by atoms with E-state index in [0.29, 0.717) is 11.4 Å². The summed E-state index contributed by atoms with van der Waals surface area (Å²) in [5.74, 6) is -1.12. The molecule has 7 heteroatoms. The predicted molar refractivity (Wildman–Crippen MR) is 92.8 cm³/mol. The molecule has 3 rings (SSSR count). The monoisotopic (exact) mass is 352 g/mol. The van der Waals surface area contributed by atoms with E-state index in [1.165, 1.54) is 11.3 Å². The molecule has 1 fully saturated rings. The summed E-state index contributed by atoms with van der Waals surface area (Å²) in [5, 5.41) is 22.0. The Hall–Kier alpha value is -1.44. The van der Waals surface area contributed by atoms with Crippen molar-refractivity contribution < 1.29 is 19.8 Å². The van der Waals surface area contributed by atoms with E-state index in [9.17, 15) is 19.8 Å². The van der Waals surface area contributed by atoms with E-state index in [1.54, 1.807) is 0 Å². The number of carboxylic acids is 1. The van der Waals surface area contributed by atoms with Crippen LogP contribution < -0.4 is 5.32 Å². The third kappa shape index (κ3) is 3.63. The van der Waals surface area contributed by atoms with Crippen molar-refractivity contribution in [2.45, 2.75) is 51.0 Å². The quantitative estimate of drug-likeness (QED) is 0.729. The van der Waals surface area contributed by atoms with Crippen molar-refractivity contribution in [2.75, 3.05) is 25.0 Å². The number of piperidine rings is 1. The lowest BCUT2D eigenvalue weighted by Crippen LogP contribution is -2.44. The number of hydrogen-bond donors (Lipinski definition) is 3. The third-order valence-corrected chi connectivity index (χ3v) is 6.15. The van der Waals surface area contributed by atoms with Crippen LogP contribution in [-0.4, -0.2) is 52.7 Å². The number of aryl methyl sites for hydroxylation is 1. The first-order chi connectivity index (χ1) is 11.6. The van der Waals surface area contributed by atoms with Crippen LogP contribution in [-0.2, 0) is 17.6 Å². The average molecular weight is 352 g/mol. The second-order valence-electron chi connectivity index (χ2n) is 6.55. The number of hydrogen-bond acceptors (Lipinski definition) is 5. The van der Waals surface area contributed by atoms with Gasteiger partial charge in [-0.15, -0.1) is 11.3 Å². The van der Waals surface area contributed by atoms with E-state index in [0.717, 1.165) is 55.5 Å². The van der Waals surface area contributed by atoms with Gasteiger partial charge in [0.2, 0.25) is 5.91 Å². The molecule has 6 nitrogen and oxygen atoms in total. The number of carbonyl (C=O) groups is 2. The summed E-state index contributed by atoms with van der Waals surface area (Å²) in [7, 11) is 0. The number of carboxylic acid groups (broad SMARTS) is 1. The highest BCUT2D eigenvalue weighted by atomic mass is 32.1. The number of aliphatic hydroxyl groups excluding tert-OH is 1. The Bertz CT molecular complexity index is 626. The summed E-state index contributed by atoms with van der Waals surface area (Å²) < 4.78 is 0. The number of anilines is 1. The van der Waals surface area contributed by atoms with Gasteiger partial charge in [-0.1, -0.05) is 6.42 Å². The van der Waals surface area contributed by atoms with Gasteiger partial charge in [0.1, 0.15) is 5.00 Å². The Labute approximate surface area is 145 Å². The van der Waals surface area contributed by atoms with Gasteiger partial charge in [0, 0.05) is 17.5 Å². The fourth-order valence-electron chi connectivity index (χ4n) is 3.81. The number of thiophene rings is 1. The maximum absolute atomic E-state index is 12.4. The number of nitrogens with one attached hydrogen (secondary N) is 1. The average Bonchev–Trinajstić information content (AvgIpc) is 3.09. The lowest BCUT2D eigenvalue weighted by Gasteiger charge is -2.34. The van der Waals surface area contributed by atoms with Crippen LogP contribution in [0.4, 0.5) is 5.00 Å². The van der Waals surface area contributed by atoms with Gasteiger partial charge >= 0.3 is 5.97 Å². The highest BCUT2D eigenvalue weighted by molar-refractivity contribution is 7.17. The van der Waals surface area contributed by atoms with Crippen molar-refractivity contribution in [1.82, 2.24) is 4.90 Å². The summed E-state index contributed by atoms with van der Waals surface area (Å²) in [5.41, 5.74) is 1.19. The SMILES string of the molecule is O=C(CN1CCCCC1CCO)Nc1sc2c(c1C(=O)O)CCC2. The molecule has 1 aliphatic carbocycles. The van der Waals surface area contributed by atoms with Gasteiger partial charge in [-0.05, 0) is 50.6 Å².